The van der Waals surface area contributed by atoms with Crippen LogP contribution in [0.15, 0.2) is 40.3 Å². The maximum Gasteiger partial charge on any atom is 0.280 e. The predicted octanol–water partition coefficient (Wildman–Crippen LogP) is 0.945. The molecule has 5 heterocycles. The van der Waals surface area contributed by atoms with Crippen molar-refractivity contribution >= 4 is 17.0 Å². The van der Waals surface area contributed by atoms with Gasteiger partial charge in [0.2, 0.25) is 5.89 Å². The molecule has 2 aliphatic rings. The van der Waals surface area contributed by atoms with Crippen molar-refractivity contribution in [1.82, 2.24) is 34.2 Å². The van der Waals surface area contributed by atoms with E-state index < -0.39 is 0 Å². The molecule has 152 valence electrons. The fourth-order valence-electron chi connectivity index (χ4n) is 4.49. The van der Waals surface area contributed by atoms with Gasteiger partial charge < -0.3 is 14.0 Å². The Morgan fingerprint density at radius 2 is 2.00 bits per heavy atom. The SMILES string of the molecule is Cn1cnc2ncn(Cc3nc(C4C5CN(c6ncccc6F)C[C@@H]54)no3)c(=O)c21. The topological polar surface area (TPSA) is 108 Å². The number of nitrogens with zero attached hydrogens (tertiary/aromatic N) is 8. The summed E-state index contributed by atoms with van der Waals surface area (Å²) in [5.74, 6) is 1.99. The Balaban J connectivity index is 1.18. The van der Waals surface area contributed by atoms with Crippen LogP contribution in [0.1, 0.15) is 17.6 Å². The number of imidazole rings is 1. The number of hydrogen-bond acceptors (Lipinski definition) is 8. The predicted molar refractivity (Wildman–Crippen MR) is 102 cm³/mol. The van der Waals surface area contributed by atoms with Gasteiger partial charge in [0.05, 0.1) is 6.33 Å². The molecule has 10 nitrogen and oxygen atoms in total. The molecular formula is C19H17FN8O2. The summed E-state index contributed by atoms with van der Waals surface area (Å²) < 4.78 is 22.4. The molecule has 1 saturated heterocycles. The molecule has 0 bridgehead atoms. The van der Waals surface area contributed by atoms with Gasteiger partial charge in [-0.05, 0) is 24.0 Å². The second-order valence-corrected chi connectivity index (χ2v) is 7.82. The van der Waals surface area contributed by atoms with Gasteiger partial charge in [-0.2, -0.15) is 4.98 Å². The van der Waals surface area contributed by atoms with Gasteiger partial charge in [-0.15, -0.1) is 0 Å². The van der Waals surface area contributed by atoms with Crippen molar-refractivity contribution in [2.75, 3.05) is 18.0 Å². The van der Waals surface area contributed by atoms with Crippen LogP contribution in [0, 0.1) is 17.7 Å². The maximum absolute atomic E-state index is 14.0. The van der Waals surface area contributed by atoms with Gasteiger partial charge in [0.15, 0.2) is 28.6 Å². The van der Waals surface area contributed by atoms with Crippen LogP contribution in [0.25, 0.3) is 11.2 Å². The Morgan fingerprint density at radius 3 is 2.80 bits per heavy atom. The number of hydrogen-bond donors (Lipinski definition) is 0. The molecule has 1 saturated carbocycles. The largest absolute Gasteiger partial charge is 0.354 e. The first-order chi connectivity index (χ1) is 14.6. The standard InChI is InChI=1S/C19H17FN8O2/c1-26-8-22-17-15(26)19(29)28(9-23-17)7-13-24-16(25-30-13)14-10-5-27(6-11(10)14)18-12(20)3-2-4-21-18/h2-4,8-11,14H,5-7H2,1H3/t10-,11?,14?/m0/s1. The molecule has 0 aromatic carbocycles. The fraction of sp³-hybridized carbons (Fsp3) is 0.368. The average molecular weight is 408 g/mol. The van der Waals surface area contributed by atoms with E-state index >= 15 is 0 Å². The number of fused-ring (bicyclic) bond motifs is 2. The highest BCUT2D eigenvalue weighted by Gasteiger charge is 2.59. The highest BCUT2D eigenvalue weighted by molar-refractivity contribution is 5.68. The van der Waals surface area contributed by atoms with Gasteiger partial charge in [-0.1, -0.05) is 5.16 Å². The summed E-state index contributed by atoms with van der Waals surface area (Å²) >= 11 is 0. The maximum atomic E-state index is 14.0. The Labute approximate surface area is 169 Å². The van der Waals surface area contributed by atoms with E-state index in [4.69, 9.17) is 4.52 Å². The molecule has 30 heavy (non-hydrogen) atoms. The monoisotopic (exact) mass is 408 g/mol. The van der Waals surface area contributed by atoms with E-state index in [0.717, 1.165) is 0 Å². The number of piperidine rings is 1. The number of aromatic nitrogens is 7. The first-order valence-electron chi connectivity index (χ1n) is 9.64. The molecule has 6 rings (SSSR count). The summed E-state index contributed by atoms with van der Waals surface area (Å²) in [5, 5.41) is 4.12. The highest BCUT2D eigenvalue weighted by Crippen LogP contribution is 2.57. The van der Waals surface area contributed by atoms with Crippen LogP contribution in [0.5, 0.6) is 0 Å². The lowest BCUT2D eigenvalue weighted by Crippen LogP contribution is -2.25. The fourth-order valence-corrected chi connectivity index (χ4v) is 4.49. The highest BCUT2D eigenvalue weighted by atomic mass is 19.1. The van der Waals surface area contributed by atoms with Crippen molar-refractivity contribution in [1.29, 1.82) is 0 Å². The third kappa shape index (κ3) is 2.54. The molecule has 1 aliphatic heterocycles. The van der Waals surface area contributed by atoms with Crippen LogP contribution in [0.4, 0.5) is 10.2 Å². The zero-order chi connectivity index (χ0) is 20.4. The van der Waals surface area contributed by atoms with Crippen molar-refractivity contribution < 1.29 is 8.91 Å². The second kappa shape index (κ2) is 6.18. The number of rotatable bonds is 4. The summed E-state index contributed by atoms with van der Waals surface area (Å²) in [7, 11) is 1.75. The summed E-state index contributed by atoms with van der Waals surface area (Å²) in [6, 6.07) is 3.01. The number of halogens is 1. The van der Waals surface area contributed by atoms with Gasteiger partial charge in [0.25, 0.3) is 5.56 Å². The van der Waals surface area contributed by atoms with Crippen LogP contribution in [0.2, 0.25) is 0 Å². The van der Waals surface area contributed by atoms with Crippen molar-refractivity contribution in [3.63, 3.8) is 0 Å². The van der Waals surface area contributed by atoms with Gasteiger partial charge >= 0.3 is 0 Å². The summed E-state index contributed by atoms with van der Waals surface area (Å²) in [6.45, 7) is 1.58. The zero-order valence-corrected chi connectivity index (χ0v) is 16.0. The van der Waals surface area contributed by atoms with Gasteiger partial charge in [0.1, 0.15) is 12.9 Å². The van der Waals surface area contributed by atoms with E-state index in [1.165, 1.54) is 17.0 Å². The van der Waals surface area contributed by atoms with Crippen molar-refractivity contribution in [2.45, 2.75) is 12.5 Å². The second-order valence-electron chi connectivity index (χ2n) is 7.82. The normalized spacial score (nSPS) is 22.6. The first kappa shape index (κ1) is 17.2. The van der Waals surface area contributed by atoms with Crippen molar-refractivity contribution in [3.05, 3.63) is 58.9 Å². The quantitative estimate of drug-likeness (QED) is 0.491. The molecule has 0 N–H and O–H groups in total. The minimum absolute atomic E-state index is 0.146. The van der Waals surface area contributed by atoms with Crippen molar-refractivity contribution in [2.24, 2.45) is 18.9 Å². The van der Waals surface area contributed by atoms with Gasteiger partial charge in [-0.3, -0.25) is 9.36 Å². The molecule has 2 fully saturated rings. The molecule has 0 amide bonds. The van der Waals surface area contributed by atoms with E-state index in [-0.39, 0.29) is 23.8 Å². The van der Waals surface area contributed by atoms with E-state index in [2.05, 4.69) is 25.1 Å². The number of anilines is 1. The van der Waals surface area contributed by atoms with E-state index in [1.807, 2.05) is 4.90 Å². The minimum atomic E-state index is -0.304. The van der Waals surface area contributed by atoms with Crippen LogP contribution >= 0.6 is 0 Å². The Bertz CT molecular complexity index is 1320. The molecule has 0 spiro atoms. The third-order valence-corrected chi connectivity index (χ3v) is 6.02. The van der Waals surface area contributed by atoms with E-state index in [9.17, 15) is 9.18 Å². The Morgan fingerprint density at radius 1 is 1.20 bits per heavy atom. The smallest absolute Gasteiger partial charge is 0.280 e. The van der Waals surface area contributed by atoms with E-state index in [0.29, 0.717) is 53.6 Å². The minimum Gasteiger partial charge on any atom is -0.354 e. The summed E-state index contributed by atoms with van der Waals surface area (Å²) in [5.41, 5.74) is 0.622. The lowest BCUT2D eigenvalue weighted by atomic mass is 10.2. The van der Waals surface area contributed by atoms with Crippen LogP contribution < -0.4 is 10.5 Å². The molecule has 3 atom stereocenters. The lowest BCUT2D eigenvalue weighted by Gasteiger charge is -2.20. The molecule has 4 aromatic heterocycles. The van der Waals surface area contributed by atoms with Crippen LogP contribution in [-0.4, -0.2) is 47.3 Å². The molecule has 11 heteroatoms. The summed E-state index contributed by atoms with van der Waals surface area (Å²) in [4.78, 5) is 31.6. The average Bonchev–Trinajstić information content (AvgIpc) is 3.16. The Hall–Kier alpha value is -3.63. The lowest BCUT2D eigenvalue weighted by molar-refractivity contribution is 0.363. The molecule has 1 aliphatic carbocycles. The molecular weight excluding hydrogens is 391 g/mol. The zero-order valence-electron chi connectivity index (χ0n) is 16.0. The van der Waals surface area contributed by atoms with Crippen LogP contribution in [0.3, 0.4) is 0 Å². The van der Waals surface area contributed by atoms with Gasteiger partial charge in [-0.25, -0.2) is 19.3 Å². The molecule has 2 unspecified atom stereocenters. The first-order valence-corrected chi connectivity index (χ1v) is 9.64. The molecule has 0 radical (unpaired) electrons. The Kier molecular flexibility index (Phi) is 3.55. The van der Waals surface area contributed by atoms with Gasteiger partial charge in [0, 0.05) is 32.3 Å². The van der Waals surface area contributed by atoms with Crippen LogP contribution in [-0.2, 0) is 13.6 Å². The molecule has 4 aromatic rings. The van der Waals surface area contributed by atoms with Crippen molar-refractivity contribution in [3.8, 4) is 0 Å². The van der Waals surface area contributed by atoms with E-state index in [1.54, 1.807) is 30.2 Å². The summed E-state index contributed by atoms with van der Waals surface area (Å²) in [6.07, 6.45) is 4.60. The third-order valence-electron chi connectivity index (χ3n) is 6.02. The number of aryl methyl sites for hydroxylation is 1. The number of pyridine rings is 1.